The SMILES string of the molecule is C[N+](C)(C)C([O-])[C@@H](CC(=O)O)OP(=O)(O)OCCCCOc1cccc(Oc2ccccc2)c1. The Bertz CT molecular complexity index is 949. The number of quaternary nitrogens is 1. The Hall–Kier alpha value is -2.46. The number of phosphoric ester groups is 1. The molecule has 0 bridgehead atoms. The highest BCUT2D eigenvalue weighted by Crippen LogP contribution is 2.45. The van der Waals surface area contributed by atoms with E-state index < -0.39 is 32.5 Å². The molecule has 0 aliphatic heterocycles. The molecule has 10 nitrogen and oxygen atoms in total. The van der Waals surface area contributed by atoms with Crippen molar-refractivity contribution in [1.82, 2.24) is 0 Å². The summed E-state index contributed by atoms with van der Waals surface area (Å²) in [4.78, 5) is 21.0. The van der Waals surface area contributed by atoms with Gasteiger partial charge in [0.1, 0.15) is 23.4 Å². The first-order valence-electron chi connectivity index (χ1n) is 10.8. The minimum Gasteiger partial charge on any atom is -0.804 e. The number of benzene rings is 2. The Kier molecular flexibility index (Phi) is 10.5. The first-order chi connectivity index (χ1) is 16.0. The van der Waals surface area contributed by atoms with Gasteiger partial charge in [0.2, 0.25) is 0 Å². The molecule has 11 heteroatoms. The first kappa shape index (κ1) is 27.8. The number of para-hydroxylation sites is 1. The van der Waals surface area contributed by atoms with E-state index in [-0.39, 0.29) is 11.1 Å². The summed E-state index contributed by atoms with van der Waals surface area (Å²) < 4.78 is 33.3. The zero-order chi connectivity index (χ0) is 25.2. The number of ether oxygens (including phenoxy) is 2. The molecule has 2 unspecified atom stereocenters. The first-order valence-corrected chi connectivity index (χ1v) is 12.3. The van der Waals surface area contributed by atoms with Gasteiger partial charge in [-0.2, -0.15) is 0 Å². The van der Waals surface area contributed by atoms with Crippen LogP contribution in [0.5, 0.6) is 17.2 Å². The Morgan fingerprint density at radius 2 is 1.62 bits per heavy atom. The maximum atomic E-state index is 12.4. The molecular weight excluding hydrogens is 465 g/mol. The zero-order valence-corrected chi connectivity index (χ0v) is 20.4. The van der Waals surface area contributed by atoms with Crippen LogP contribution in [0.4, 0.5) is 0 Å². The summed E-state index contributed by atoms with van der Waals surface area (Å²) in [5, 5.41) is 21.4. The molecular formula is C23H32NO9P. The van der Waals surface area contributed by atoms with Crippen LogP contribution in [0.2, 0.25) is 0 Å². The smallest absolute Gasteiger partial charge is 0.472 e. The number of carboxylic acids is 1. The van der Waals surface area contributed by atoms with E-state index in [9.17, 15) is 19.4 Å². The molecule has 2 aromatic carbocycles. The Morgan fingerprint density at radius 1 is 1.00 bits per heavy atom. The van der Waals surface area contributed by atoms with Gasteiger partial charge in [-0.15, -0.1) is 0 Å². The molecule has 0 fully saturated rings. The maximum absolute atomic E-state index is 12.4. The summed E-state index contributed by atoms with van der Waals surface area (Å²) in [5.41, 5.74) is 0. The van der Waals surface area contributed by atoms with Crippen molar-refractivity contribution in [3.05, 3.63) is 54.6 Å². The topological polar surface area (TPSA) is 135 Å². The average Bonchev–Trinajstić information content (AvgIpc) is 2.75. The van der Waals surface area contributed by atoms with Gasteiger partial charge >= 0.3 is 13.8 Å². The van der Waals surface area contributed by atoms with Crippen LogP contribution in [0.15, 0.2) is 54.6 Å². The van der Waals surface area contributed by atoms with Gasteiger partial charge in [-0.3, -0.25) is 13.8 Å². The number of carboxylic acid groups (broad SMARTS) is 1. The van der Waals surface area contributed by atoms with Crippen molar-refractivity contribution in [2.75, 3.05) is 34.4 Å². The van der Waals surface area contributed by atoms with Crippen molar-refractivity contribution in [3.63, 3.8) is 0 Å². The average molecular weight is 497 g/mol. The van der Waals surface area contributed by atoms with Crippen LogP contribution < -0.4 is 14.6 Å². The molecule has 2 aromatic rings. The number of phosphoric acid groups is 1. The van der Waals surface area contributed by atoms with Crippen molar-refractivity contribution >= 4 is 13.8 Å². The van der Waals surface area contributed by atoms with Gasteiger partial charge in [0.15, 0.2) is 0 Å². The predicted molar refractivity (Wildman–Crippen MR) is 122 cm³/mol. The van der Waals surface area contributed by atoms with Gasteiger partial charge in [-0.1, -0.05) is 24.3 Å². The predicted octanol–water partition coefficient (Wildman–Crippen LogP) is 3.01. The molecule has 2 rings (SSSR count). The highest BCUT2D eigenvalue weighted by molar-refractivity contribution is 7.47. The number of hydrogen-bond acceptors (Lipinski definition) is 7. The lowest BCUT2D eigenvalue weighted by molar-refractivity contribution is -0.973. The molecule has 0 aromatic heterocycles. The van der Waals surface area contributed by atoms with Crippen molar-refractivity contribution < 1.29 is 47.5 Å². The second-order valence-corrected chi connectivity index (χ2v) is 9.90. The van der Waals surface area contributed by atoms with Crippen LogP contribution >= 0.6 is 7.82 Å². The Labute approximate surface area is 199 Å². The summed E-state index contributed by atoms with van der Waals surface area (Å²) in [6.45, 7) is 0.211. The fourth-order valence-electron chi connectivity index (χ4n) is 2.89. The summed E-state index contributed by atoms with van der Waals surface area (Å²) in [5.74, 6) is 0.646. The van der Waals surface area contributed by atoms with E-state index in [0.29, 0.717) is 36.7 Å². The van der Waals surface area contributed by atoms with Crippen LogP contribution in [-0.4, -0.2) is 67.1 Å². The van der Waals surface area contributed by atoms with Crippen LogP contribution in [0.1, 0.15) is 19.3 Å². The van der Waals surface area contributed by atoms with Gasteiger partial charge in [0.25, 0.3) is 0 Å². The molecule has 0 heterocycles. The van der Waals surface area contributed by atoms with E-state index in [1.165, 1.54) is 0 Å². The van der Waals surface area contributed by atoms with Crippen LogP contribution in [0.25, 0.3) is 0 Å². The molecule has 3 atom stereocenters. The van der Waals surface area contributed by atoms with Gasteiger partial charge in [-0.25, -0.2) is 4.57 Å². The molecule has 188 valence electrons. The lowest BCUT2D eigenvalue weighted by atomic mass is 10.2. The molecule has 0 aliphatic carbocycles. The van der Waals surface area contributed by atoms with Crippen molar-refractivity contribution in [2.45, 2.75) is 31.6 Å². The molecule has 0 saturated heterocycles. The van der Waals surface area contributed by atoms with Gasteiger partial charge < -0.3 is 29.1 Å². The highest BCUT2D eigenvalue weighted by atomic mass is 31.2. The largest absolute Gasteiger partial charge is 0.804 e. The van der Waals surface area contributed by atoms with Gasteiger partial charge in [0, 0.05) is 12.3 Å². The summed E-state index contributed by atoms with van der Waals surface area (Å²) in [6, 6.07) is 16.5. The third kappa shape index (κ3) is 10.2. The van der Waals surface area contributed by atoms with E-state index in [1.807, 2.05) is 42.5 Å². The standard InChI is InChI=1S/C23H32NO9P/c1-24(2,3)23(27)21(17-22(25)26)33-34(28,29)31-15-8-7-14-30-19-12-9-13-20(16-19)32-18-10-5-4-6-11-18/h4-6,9-13,16,21,23H,7-8,14-15,17H2,1-3H3,(H,25,26)(H,28,29)/t21-,23?/m1/s1. The molecule has 2 N–H and O–H groups in total. The normalized spacial score (nSPS) is 15.2. The van der Waals surface area contributed by atoms with E-state index in [1.54, 1.807) is 33.3 Å². The minimum absolute atomic E-state index is 0.123. The second-order valence-electron chi connectivity index (χ2n) is 8.50. The monoisotopic (exact) mass is 497 g/mol. The van der Waals surface area contributed by atoms with E-state index in [0.717, 1.165) is 0 Å². The molecule has 0 amide bonds. The molecule has 0 saturated carbocycles. The Morgan fingerprint density at radius 3 is 2.26 bits per heavy atom. The third-order valence-electron chi connectivity index (χ3n) is 4.57. The van der Waals surface area contributed by atoms with E-state index in [2.05, 4.69) is 0 Å². The molecule has 0 spiro atoms. The van der Waals surface area contributed by atoms with E-state index in [4.69, 9.17) is 23.6 Å². The van der Waals surface area contributed by atoms with E-state index >= 15 is 0 Å². The number of carbonyl (C=O) groups is 1. The zero-order valence-electron chi connectivity index (χ0n) is 19.5. The lowest BCUT2D eigenvalue weighted by Crippen LogP contribution is -2.60. The summed E-state index contributed by atoms with van der Waals surface area (Å²) in [7, 11) is 0.0268. The third-order valence-corrected chi connectivity index (χ3v) is 5.62. The summed E-state index contributed by atoms with van der Waals surface area (Å²) in [6.07, 6.45) is -2.92. The fraction of sp³-hybridized carbons (Fsp3) is 0.435. The van der Waals surface area contributed by atoms with Crippen molar-refractivity contribution in [1.29, 1.82) is 0 Å². The van der Waals surface area contributed by atoms with Crippen LogP contribution in [-0.2, 0) is 18.4 Å². The second kappa shape index (κ2) is 12.9. The summed E-state index contributed by atoms with van der Waals surface area (Å²) >= 11 is 0. The number of unbranched alkanes of at least 4 members (excludes halogenated alkanes) is 1. The van der Waals surface area contributed by atoms with Crippen molar-refractivity contribution in [2.24, 2.45) is 0 Å². The number of aliphatic carboxylic acids is 1. The quantitative estimate of drug-likeness (QED) is 0.165. The number of likely N-dealkylation sites (N-methyl/N-ethyl adjacent to an activating group) is 1. The van der Waals surface area contributed by atoms with Crippen molar-refractivity contribution in [3.8, 4) is 17.2 Å². The Balaban J connectivity index is 1.75. The molecule has 0 aliphatic rings. The minimum atomic E-state index is -4.61. The molecule has 0 radical (unpaired) electrons. The van der Waals surface area contributed by atoms with Gasteiger partial charge in [0.05, 0.1) is 40.8 Å². The van der Waals surface area contributed by atoms with Crippen LogP contribution in [0.3, 0.4) is 0 Å². The number of hydrogen-bond donors (Lipinski definition) is 2. The van der Waals surface area contributed by atoms with Crippen LogP contribution in [0, 0.1) is 0 Å². The number of rotatable bonds is 15. The fourth-order valence-corrected chi connectivity index (χ4v) is 3.83. The van der Waals surface area contributed by atoms with Gasteiger partial charge in [-0.05, 0) is 37.1 Å². The maximum Gasteiger partial charge on any atom is 0.472 e. The molecule has 34 heavy (non-hydrogen) atoms. The number of nitrogens with zero attached hydrogens (tertiary/aromatic N) is 1. The lowest BCUT2D eigenvalue weighted by Gasteiger charge is -2.42. The highest BCUT2D eigenvalue weighted by Gasteiger charge is 2.34.